The van der Waals surface area contributed by atoms with E-state index in [1.54, 1.807) is 0 Å². The molecule has 0 atom stereocenters. The molecule has 0 radical (unpaired) electrons. The highest BCUT2D eigenvalue weighted by atomic mass is 16.3. The van der Waals surface area contributed by atoms with Crippen molar-refractivity contribution in [3.8, 4) is 33.7 Å². The van der Waals surface area contributed by atoms with Gasteiger partial charge in [-0.25, -0.2) is 4.98 Å². The third-order valence-corrected chi connectivity index (χ3v) is 9.71. The number of nitrogens with zero attached hydrogens (tertiary/aromatic N) is 2. The van der Waals surface area contributed by atoms with Gasteiger partial charge in [0.15, 0.2) is 5.58 Å². The summed E-state index contributed by atoms with van der Waals surface area (Å²) in [5.41, 5.74) is 13.5. The lowest BCUT2D eigenvalue weighted by Crippen LogP contribution is -2.17. The van der Waals surface area contributed by atoms with Gasteiger partial charge in [-0.05, 0) is 76.3 Å². The molecule has 0 spiro atoms. The monoisotopic (exact) mass is 604 g/mol. The molecule has 0 bridgehead atoms. The molecule has 8 aromatic rings. The lowest BCUT2D eigenvalue weighted by Gasteiger charge is -2.30. The standard InChI is InChI=1S/C44H32N2O/c1-44(2)37-21-11-9-19-33(37)34-25-24-31(28-38(34)44)46(39-22-12-10-18-32(39)29-14-5-3-6-15-29)40-23-13-20-36-35(40)26-27-41-42(36)45-43(47-41)30-16-7-4-8-17-30/h3-28H,1-2H3. The first-order valence-electron chi connectivity index (χ1n) is 16.1. The SMILES string of the molecule is CC1(C)c2ccccc2-c2ccc(N(c3ccccc3-c3ccccc3)c3cccc4c3ccc3oc(-c5ccccc5)nc34)cc21. The Labute approximate surface area is 274 Å². The second-order valence-corrected chi connectivity index (χ2v) is 12.8. The summed E-state index contributed by atoms with van der Waals surface area (Å²) in [5.74, 6) is 0.630. The first kappa shape index (κ1) is 27.4. The van der Waals surface area contributed by atoms with Gasteiger partial charge in [-0.2, -0.15) is 0 Å². The summed E-state index contributed by atoms with van der Waals surface area (Å²) in [7, 11) is 0. The Kier molecular flexibility index (Phi) is 6.16. The van der Waals surface area contributed by atoms with Crippen LogP contribution in [0, 0.1) is 0 Å². The summed E-state index contributed by atoms with van der Waals surface area (Å²) in [5, 5.41) is 2.17. The van der Waals surface area contributed by atoms with Crippen molar-refractivity contribution < 1.29 is 4.42 Å². The van der Waals surface area contributed by atoms with Crippen LogP contribution in [0.2, 0.25) is 0 Å². The summed E-state index contributed by atoms with van der Waals surface area (Å²) in [6.45, 7) is 4.68. The van der Waals surface area contributed by atoms with Crippen LogP contribution in [0.4, 0.5) is 17.1 Å². The van der Waals surface area contributed by atoms with Gasteiger partial charge in [0.25, 0.3) is 0 Å². The first-order valence-corrected chi connectivity index (χ1v) is 16.1. The van der Waals surface area contributed by atoms with Gasteiger partial charge in [-0.15, -0.1) is 0 Å². The maximum atomic E-state index is 6.29. The van der Waals surface area contributed by atoms with E-state index in [1.165, 1.54) is 33.4 Å². The Morgan fingerprint density at radius 1 is 0.511 bits per heavy atom. The average Bonchev–Trinajstić information content (AvgIpc) is 3.67. The van der Waals surface area contributed by atoms with Crippen molar-refractivity contribution in [2.24, 2.45) is 0 Å². The van der Waals surface area contributed by atoms with Crippen molar-refractivity contribution in [3.05, 3.63) is 169 Å². The maximum absolute atomic E-state index is 6.29. The van der Waals surface area contributed by atoms with Gasteiger partial charge in [0.2, 0.25) is 5.89 Å². The summed E-state index contributed by atoms with van der Waals surface area (Å²) >= 11 is 0. The van der Waals surface area contributed by atoms with Gasteiger partial charge in [0, 0.05) is 33.0 Å². The van der Waals surface area contributed by atoms with Gasteiger partial charge in [0.05, 0.1) is 11.4 Å². The Balaban J connectivity index is 1.30. The molecule has 0 saturated carbocycles. The van der Waals surface area contributed by atoms with Crippen LogP contribution >= 0.6 is 0 Å². The molecule has 0 N–H and O–H groups in total. The lowest BCUT2D eigenvalue weighted by molar-refractivity contribution is 0.620. The van der Waals surface area contributed by atoms with Crippen molar-refractivity contribution in [3.63, 3.8) is 0 Å². The largest absolute Gasteiger partial charge is 0.436 e. The van der Waals surface area contributed by atoms with E-state index < -0.39 is 0 Å². The highest BCUT2D eigenvalue weighted by Gasteiger charge is 2.36. The zero-order chi connectivity index (χ0) is 31.5. The van der Waals surface area contributed by atoms with Crippen LogP contribution in [0.15, 0.2) is 162 Å². The minimum absolute atomic E-state index is 0.119. The van der Waals surface area contributed by atoms with Crippen LogP contribution in [0.25, 0.3) is 55.6 Å². The smallest absolute Gasteiger partial charge is 0.227 e. The van der Waals surface area contributed by atoms with Crippen LogP contribution in [0.3, 0.4) is 0 Å². The number of fused-ring (bicyclic) bond motifs is 6. The minimum atomic E-state index is -0.119. The molecule has 7 aromatic carbocycles. The first-order chi connectivity index (χ1) is 23.1. The molecule has 0 aliphatic heterocycles. The Bertz CT molecular complexity index is 2440. The summed E-state index contributed by atoms with van der Waals surface area (Å²) in [6, 6.07) is 56.0. The molecule has 1 aliphatic rings. The fourth-order valence-corrected chi connectivity index (χ4v) is 7.40. The van der Waals surface area contributed by atoms with Crippen LogP contribution < -0.4 is 4.90 Å². The number of oxazole rings is 1. The van der Waals surface area contributed by atoms with Gasteiger partial charge >= 0.3 is 0 Å². The molecule has 1 aromatic heterocycles. The van der Waals surface area contributed by atoms with E-state index in [4.69, 9.17) is 9.40 Å². The van der Waals surface area contributed by atoms with E-state index in [0.717, 1.165) is 44.5 Å². The summed E-state index contributed by atoms with van der Waals surface area (Å²) in [4.78, 5) is 7.45. The van der Waals surface area contributed by atoms with Crippen molar-refractivity contribution in [1.82, 2.24) is 4.98 Å². The van der Waals surface area contributed by atoms with Crippen molar-refractivity contribution in [1.29, 1.82) is 0 Å². The van der Waals surface area contributed by atoms with Gasteiger partial charge in [-0.3, -0.25) is 0 Å². The maximum Gasteiger partial charge on any atom is 0.227 e. The summed E-state index contributed by atoms with van der Waals surface area (Å²) in [6.07, 6.45) is 0. The number of hydrogen-bond acceptors (Lipinski definition) is 3. The second-order valence-electron chi connectivity index (χ2n) is 12.8. The van der Waals surface area contributed by atoms with Gasteiger partial charge < -0.3 is 9.32 Å². The Hall–Kier alpha value is -5.93. The van der Waals surface area contributed by atoms with Crippen LogP contribution in [-0.4, -0.2) is 4.98 Å². The molecule has 1 heterocycles. The quantitative estimate of drug-likeness (QED) is 0.196. The van der Waals surface area contributed by atoms with Crippen LogP contribution in [0.1, 0.15) is 25.0 Å². The molecule has 1 aliphatic carbocycles. The van der Waals surface area contributed by atoms with E-state index in [2.05, 4.69) is 146 Å². The number of benzene rings is 7. The second kappa shape index (κ2) is 10.6. The van der Waals surface area contributed by atoms with E-state index in [1.807, 2.05) is 30.3 Å². The molecule has 3 nitrogen and oxygen atoms in total. The molecular formula is C44H32N2O. The zero-order valence-corrected chi connectivity index (χ0v) is 26.3. The predicted octanol–water partition coefficient (Wildman–Crippen LogP) is 12.1. The third-order valence-electron chi connectivity index (χ3n) is 9.71. The van der Waals surface area contributed by atoms with E-state index in [-0.39, 0.29) is 5.41 Å². The molecule has 0 fully saturated rings. The van der Waals surface area contributed by atoms with E-state index in [0.29, 0.717) is 5.89 Å². The lowest BCUT2D eigenvalue weighted by atomic mass is 9.82. The molecule has 3 heteroatoms. The zero-order valence-electron chi connectivity index (χ0n) is 26.3. The summed E-state index contributed by atoms with van der Waals surface area (Å²) < 4.78 is 6.29. The van der Waals surface area contributed by atoms with Crippen LogP contribution in [-0.2, 0) is 5.41 Å². The van der Waals surface area contributed by atoms with Gasteiger partial charge in [0.1, 0.15) is 5.52 Å². The topological polar surface area (TPSA) is 29.3 Å². The Morgan fingerprint density at radius 2 is 1.17 bits per heavy atom. The molecule has 0 unspecified atom stereocenters. The Morgan fingerprint density at radius 3 is 1.98 bits per heavy atom. The normalized spacial score (nSPS) is 13.1. The highest BCUT2D eigenvalue weighted by molar-refractivity contribution is 6.11. The molecule has 47 heavy (non-hydrogen) atoms. The van der Waals surface area contributed by atoms with Gasteiger partial charge in [-0.1, -0.05) is 123 Å². The number of hydrogen-bond donors (Lipinski definition) is 0. The van der Waals surface area contributed by atoms with Crippen molar-refractivity contribution >= 4 is 38.9 Å². The molecule has 224 valence electrons. The number of para-hydroxylation sites is 1. The predicted molar refractivity (Wildman–Crippen MR) is 195 cm³/mol. The number of rotatable bonds is 5. The molecular weight excluding hydrogens is 572 g/mol. The third kappa shape index (κ3) is 4.31. The molecule has 0 amide bonds. The van der Waals surface area contributed by atoms with E-state index >= 15 is 0 Å². The average molecular weight is 605 g/mol. The van der Waals surface area contributed by atoms with Crippen molar-refractivity contribution in [2.45, 2.75) is 19.3 Å². The molecule has 9 rings (SSSR count). The van der Waals surface area contributed by atoms with Crippen LogP contribution in [0.5, 0.6) is 0 Å². The van der Waals surface area contributed by atoms with E-state index in [9.17, 15) is 0 Å². The molecule has 0 saturated heterocycles. The fourth-order valence-electron chi connectivity index (χ4n) is 7.40. The number of anilines is 3. The van der Waals surface area contributed by atoms with Crippen molar-refractivity contribution in [2.75, 3.05) is 4.90 Å². The fraction of sp³-hybridized carbons (Fsp3) is 0.0682. The highest BCUT2D eigenvalue weighted by Crippen LogP contribution is 2.52. The number of aromatic nitrogens is 1. The minimum Gasteiger partial charge on any atom is -0.436 e.